The lowest BCUT2D eigenvalue weighted by Gasteiger charge is -2.36. The normalized spacial score (nSPS) is 18.7. The van der Waals surface area contributed by atoms with Gasteiger partial charge >= 0.3 is 6.03 Å². The molecule has 0 aromatic heterocycles. The molecular weight excluding hydrogens is 342 g/mol. The van der Waals surface area contributed by atoms with Gasteiger partial charge in [0.1, 0.15) is 11.6 Å². The number of rotatable bonds is 3. The standard InChI is InChI=1S/C18H24F2N4O2/c19-14-4-5-15(20)16(12-14)21-18(26)24-10-8-22(9-11-24)13-17(25)23-6-2-1-3-7-23/h4-5,12H,1-3,6-11,13H2,(H,21,26). The van der Waals surface area contributed by atoms with Crippen LogP contribution in [-0.2, 0) is 4.79 Å². The highest BCUT2D eigenvalue weighted by atomic mass is 19.1. The minimum atomic E-state index is -0.675. The molecule has 1 N–H and O–H groups in total. The SMILES string of the molecule is O=C(CN1CCN(C(=O)Nc2cc(F)ccc2F)CC1)N1CCCCC1. The first-order valence-corrected chi connectivity index (χ1v) is 9.04. The summed E-state index contributed by atoms with van der Waals surface area (Å²) in [6.45, 7) is 4.08. The van der Waals surface area contributed by atoms with Gasteiger partial charge in [-0.2, -0.15) is 0 Å². The van der Waals surface area contributed by atoms with Gasteiger partial charge < -0.3 is 15.1 Å². The number of halogens is 2. The molecule has 2 heterocycles. The Morgan fingerprint density at radius 3 is 2.31 bits per heavy atom. The topological polar surface area (TPSA) is 55.9 Å². The van der Waals surface area contributed by atoms with E-state index in [1.165, 1.54) is 6.42 Å². The highest BCUT2D eigenvalue weighted by molar-refractivity contribution is 5.89. The van der Waals surface area contributed by atoms with E-state index < -0.39 is 17.7 Å². The molecule has 26 heavy (non-hydrogen) atoms. The Labute approximate surface area is 151 Å². The average molecular weight is 366 g/mol. The fourth-order valence-electron chi connectivity index (χ4n) is 3.33. The van der Waals surface area contributed by atoms with E-state index in [1.54, 1.807) is 4.90 Å². The zero-order valence-corrected chi connectivity index (χ0v) is 14.7. The van der Waals surface area contributed by atoms with Gasteiger partial charge in [-0.25, -0.2) is 13.6 Å². The highest BCUT2D eigenvalue weighted by Gasteiger charge is 2.25. The minimum Gasteiger partial charge on any atom is -0.342 e. The molecule has 0 atom stereocenters. The molecule has 2 saturated heterocycles. The number of piperidine rings is 1. The third-order valence-electron chi connectivity index (χ3n) is 4.90. The fraction of sp³-hybridized carbons (Fsp3) is 0.556. The number of hydrogen-bond acceptors (Lipinski definition) is 3. The molecule has 2 aliphatic rings. The summed E-state index contributed by atoms with van der Waals surface area (Å²) >= 11 is 0. The summed E-state index contributed by atoms with van der Waals surface area (Å²) in [4.78, 5) is 30.0. The van der Waals surface area contributed by atoms with Crippen molar-refractivity contribution in [1.29, 1.82) is 0 Å². The first-order chi connectivity index (χ1) is 12.5. The average Bonchev–Trinajstić information content (AvgIpc) is 2.66. The molecule has 0 radical (unpaired) electrons. The Bertz CT molecular complexity index is 657. The third kappa shape index (κ3) is 4.69. The van der Waals surface area contributed by atoms with Crippen LogP contribution >= 0.6 is 0 Å². The van der Waals surface area contributed by atoms with Crippen LogP contribution in [0.3, 0.4) is 0 Å². The molecule has 3 amide bonds. The van der Waals surface area contributed by atoms with Crippen LogP contribution < -0.4 is 5.32 Å². The molecule has 8 heteroatoms. The summed E-state index contributed by atoms with van der Waals surface area (Å²) in [5.74, 6) is -1.14. The molecule has 0 saturated carbocycles. The smallest absolute Gasteiger partial charge is 0.322 e. The number of benzene rings is 1. The van der Waals surface area contributed by atoms with E-state index in [1.807, 2.05) is 9.80 Å². The van der Waals surface area contributed by atoms with E-state index in [0.29, 0.717) is 32.7 Å². The molecule has 0 aliphatic carbocycles. The van der Waals surface area contributed by atoms with E-state index in [4.69, 9.17) is 0 Å². The van der Waals surface area contributed by atoms with Crippen molar-refractivity contribution in [2.75, 3.05) is 51.1 Å². The maximum atomic E-state index is 13.6. The molecule has 1 aromatic rings. The minimum absolute atomic E-state index is 0.143. The van der Waals surface area contributed by atoms with E-state index in [9.17, 15) is 18.4 Å². The third-order valence-corrected chi connectivity index (χ3v) is 4.90. The van der Waals surface area contributed by atoms with Gasteiger partial charge in [0.2, 0.25) is 5.91 Å². The molecule has 6 nitrogen and oxygen atoms in total. The quantitative estimate of drug-likeness (QED) is 0.892. The van der Waals surface area contributed by atoms with Gasteiger partial charge in [0.05, 0.1) is 12.2 Å². The van der Waals surface area contributed by atoms with Crippen molar-refractivity contribution in [3.63, 3.8) is 0 Å². The van der Waals surface area contributed by atoms with Gasteiger partial charge in [0, 0.05) is 45.3 Å². The lowest BCUT2D eigenvalue weighted by atomic mass is 10.1. The van der Waals surface area contributed by atoms with Gasteiger partial charge in [-0.3, -0.25) is 9.69 Å². The summed E-state index contributed by atoms with van der Waals surface area (Å²) < 4.78 is 26.8. The number of piperazine rings is 1. The van der Waals surface area contributed by atoms with Crippen molar-refractivity contribution in [2.24, 2.45) is 0 Å². The van der Waals surface area contributed by atoms with Gasteiger partial charge in [-0.05, 0) is 31.4 Å². The molecule has 3 rings (SSSR count). The summed E-state index contributed by atoms with van der Waals surface area (Å²) in [6.07, 6.45) is 3.32. The van der Waals surface area contributed by atoms with Crippen LogP contribution in [0.25, 0.3) is 0 Å². The number of likely N-dealkylation sites (tertiary alicyclic amines) is 1. The summed E-state index contributed by atoms with van der Waals surface area (Å²) in [5.41, 5.74) is -0.169. The number of carbonyl (C=O) groups excluding carboxylic acids is 2. The van der Waals surface area contributed by atoms with Gasteiger partial charge in [-0.15, -0.1) is 0 Å². The zero-order chi connectivity index (χ0) is 18.5. The number of urea groups is 1. The largest absolute Gasteiger partial charge is 0.342 e. The van der Waals surface area contributed by atoms with E-state index in [2.05, 4.69) is 5.32 Å². The van der Waals surface area contributed by atoms with Crippen LogP contribution in [0.4, 0.5) is 19.3 Å². The molecule has 2 aliphatic heterocycles. The van der Waals surface area contributed by atoms with Gasteiger partial charge in [0.25, 0.3) is 0 Å². The maximum absolute atomic E-state index is 13.6. The second-order valence-corrected chi connectivity index (χ2v) is 6.76. The predicted molar refractivity (Wildman–Crippen MR) is 93.8 cm³/mol. The Morgan fingerprint density at radius 1 is 0.923 bits per heavy atom. The maximum Gasteiger partial charge on any atom is 0.322 e. The van der Waals surface area contributed by atoms with Gasteiger partial charge in [-0.1, -0.05) is 0 Å². The molecule has 2 fully saturated rings. The summed E-state index contributed by atoms with van der Waals surface area (Å²) in [5, 5.41) is 2.41. The summed E-state index contributed by atoms with van der Waals surface area (Å²) in [7, 11) is 0. The van der Waals surface area contributed by atoms with E-state index in [-0.39, 0.29) is 11.6 Å². The number of nitrogens with zero attached hydrogens (tertiary/aromatic N) is 3. The molecule has 142 valence electrons. The predicted octanol–water partition coefficient (Wildman–Crippen LogP) is 2.13. The van der Waals surface area contributed by atoms with Crippen LogP contribution in [0, 0.1) is 11.6 Å². The van der Waals surface area contributed by atoms with Crippen LogP contribution in [0.2, 0.25) is 0 Å². The highest BCUT2D eigenvalue weighted by Crippen LogP contribution is 2.16. The number of amides is 3. The lowest BCUT2D eigenvalue weighted by molar-refractivity contribution is -0.133. The van der Waals surface area contributed by atoms with Crippen molar-refractivity contribution < 1.29 is 18.4 Å². The van der Waals surface area contributed by atoms with Crippen LogP contribution in [0.15, 0.2) is 18.2 Å². The second-order valence-electron chi connectivity index (χ2n) is 6.76. The molecule has 0 spiro atoms. The van der Waals surface area contributed by atoms with Gasteiger partial charge in [0.15, 0.2) is 0 Å². The second kappa shape index (κ2) is 8.44. The van der Waals surface area contributed by atoms with Crippen molar-refractivity contribution in [3.8, 4) is 0 Å². The molecule has 0 bridgehead atoms. The summed E-state index contributed by atoms with van der Waals surface area (Å²) in [6, 6.07) is 2.48. The Balaban J connectivity index is 1.46. The number of carbonyl (C=O) groups is 2. The Morgan fingerprint density at radius 2 is 1.62 bits per heavy atom. The van der Waals surface area contributed by atoms with Crippen molar-refractivity contribution in [1.82, 2.24) is 14.7 Å². The van der Waals surface area contributed by atoms with E-state index >= 15 is 0 Å². The molecule has 0 unspecified atom stereocenters. The van der Waals surface area contributed by atoms with Crippen molar-refractivity contribution in [3.05, 3.63) is 29.8 Å². The first-order valence-electron chi connectivity index (χ1n) is 9.04. The van der Waals surface area contributed by atoms with Crippen LogP contribution in [0.5, 0.6) is 0 Å². The van der Waals surface area contributed by atoms with Crippen molar-refractivity contribution in [2.45, 2.75) is 19.3 Å². The van der Waals surface area contributed by atoms with E-state index in [0.717, 1.165) is 44.1 Å². The first kappa shape index (κ1) is 18.6. The van der Waals surface area contributed by atoms with Crippen LogP contribution in [-0.4, -0.2) is 72.5 Å². The van der Waals surface area contributed by atoms with Crippen LogP contribution in [0.1, 0.15) is 19.3 Å². The zero-order valence-electron chi connectivity index (χ0n) is 14.7. The number of anilines is 1. The molecular formula is C18H24F2N4O2. The lowest BCUT2D eigenvalue weighted by Crippen LogP contribution is -2.52. The number of hydrogen-bond donors (Lipinski definition) is 1. The Kier molecular flexibility index (Phi) is 6.03. The Hall–Kier alpha value is -2.22. The fourth-order valence-corrected chi connectivity index (χ4v) is 3.33. The number of nitrogens with one attached hydrogen (secondary N) is 1. The molecule has 1 aromatic carbocycles. The monoisotopic (exact) mass is 366 g/mol. The van der Waals surface area contributed by atoms with Crippen molar-refractivity contribution >= 4 is 17.6 Å².